The molecule has 0 aliphatic rings. The number of halogens is 2. The first kappa shape index (κ1) is 22.8. The number of nitrogens with one attached hydrogen (secondary N) is 1. The van der Waals surface area contributed by atoms with E-state index in [9.17, 15) is 4.79 Å². The molecule has 5 rings (SSSR count). The van der Waals surface area contributed by atoms with Gasteiger partial charge in [0.05, 0.1) is 10.7 Å². The fourth-order valence-electron chi connectivity index (χ4n) is 3.41. The zero-order valence-corrected chi connectivity index (χ0v) is 19.9. The summed E-state index contributed by atoms with van der Waals surface area (Å²) < 4.78 is 7.35. The van der Waals surface area contributed by atoms with Crippen LogP contribution in [0.25, 0.3) is 28.4 Å². The molecule has 0 bridgehead atoms. The number of nitrogens with zero attached hydrogens (tertiary/aromatic N) is 5. The lowest BCUT2D eigenvalue weighted by Crippen LogP contribution is -2.30. The van der Waals surface area contributed by atoms with Gasteiger partial charge in [0, 0.05) is 22.5 Å². The van der Waals surface area contributed by atoms with Crippen molar-refractivity contribution in [3.8, 4) is 28.5 Å². The molecule has 1 amide bonds. The maximum Gasteiger partial charge on any atom is 0.265 e. The van der Waals surface area contributed by atoms with E-state index in [-0.39, 0.29) is 5.91 Å². The summed E-state index contributed by atoms with van der Waals surface area (Å²) in [6.45, 7) is 1.64. The summed E-state index contributed by atoms with van der Waals surface area (Å²) in [6.07, 6.45) is 0.905. The molecule has 0 radical (unpaired) electrons. The van der Waals surface area contributed by atoms with Crippen LogP contribution in [0, 0.1) is 0 Å². The molecule has 1 N–H and O–H groups in total. The molecule has 2 aromatic carbocycles. The highest BCUT2D eigenvalue weighted by Crippen LogP contribution is 2.29. The van der Waals surface area contributed by atoms with Gasteiger partial charge < -0.3 is 10.1 Å². The van der Waals surface area contributed by atoms with E-state index in [4.69, 9.17) is 33.0 Å². The zero-order valence-electron chi connectivity index (χ0n) is 18.4. The van der Waals surface area contributed by atoms with Gasteiger partial charge in [-0.05, 0) is 61.5 Å². The predicted octanol–water partition coefficient (Wildman–Crippen LogP) is 5.57. The Morgan fingerprint density at radius 2 is 1.86 bits per heavy atom. The third kappa shape index (κ3) is 4.94. The van der Waals surface area contributed by atoms with E-state index >= 15 is 0 Å². The smallest absolute Gasteiger partial charge is 0.265 e. The molecule has 0 saturated carbocycles. The van der Waals surface area contributed by atoms with Crippen LogP contribution < -0.4 is 10.1 Å². The van der Waals surface area contributed by atoms with E-state index in [1.54, 1.807) is 41.9 Å². The molecule has 0 aliphatic heterocycles. The number of aromatic nitrogens is 5. The number of pyridine rings is 1. The molecule has 1 atom stereocenters. The normalized spacial score (nSPS) is 11.9. The van der Waals surface area contributed by atoms with E-state index in [2.05, 4.69) is 20.5 Å². The van der Waals surface area contributed by atoms with E-state index < -0.39 is 6.10 Å². The Kier molecular flexibility index (Phi) is 6.31. The number of rotatable bonds is 6. The summed E-state index contributed by atoms with van der Waals surface area (Å²) in [7, 11) is 0. The fourth-order valence-corrected chi connectivity index (χ4v) is 3.87. The van der Waals surface area contributed by atoms with Crippen LogP contribution in [0.3, 0.4) is 0 Å². The Hall–Kier alpha value is -4.01. The second kappa shape index (κ2) is 9.69. The highest BCUT2D eigenvalue weighted by Gasteiger charge is 2.17. The maximum atomic E-state index is 12.7. The summed E-state index contributed by atoms with van der Waals surface area (Å²) in [5, 5.41) is 16.8. The average molecular weight is 505 g/mol. The molecule has 8 nitrogen and oxygen atoms in total. The molecular weight excluding hydrogens is 487 g/mol. The number of carbonyl (C=O) groups is 1. The summed E-state index contributed by atoms with van der Waals surface area (Å²) >= 11 is 12.1. The van der Waals surface area contributed by atoms with Crippen LogP contribution >= 0.6 is 23.2 Å². The van der Waals surface area contributed by atoms with Gasteiger partial charge >= 0.3 is 0 Å². The van der Waals surface area contributed by atoms with Crippen LogP contribution in [-0.2, 0) is 4.79 Å². The average Bonchev–Trinajstić information content (AvgIpc) is 3.30. The number of anilines is 1. The molecule has 5 aromatic rings. The minimum atomic E-state index is -0.787. The maximum absolute atomic E-state index is 12.7. The third-order valence-electron chi connectivity index (χ3n) is 5.15. The quantitative estimate of drug-likeness (QED) is 0.325. The van der Waals surface area contributed by atoms with Gasteiger partial charge in [0.25, 0.3) is 5.91 Å². The van der Waals surface area contributed by atoms with Crippen LogP contribution in [0.2, 0.25) is 10.0 Å². The van der Waals surface area contributed by atoms with Crippen molar-refractivity contribution < 1.29 is 9.53 Å². The summed E-state index contributed by atoms with van der Waals surface area (Å²) in [4.78, 5) is 17.1. The largest absolute Gasteiger partial charge is 0.479 e. The Labute approximate surface area is 210 Å². The Morgan fingerprint density at radius 3 is 2.66 bits per heavy atom. The molecule has 0 fully saturated rings. The molecule has 0 saturated heterocycles. The second-order valence-electron chi connectivity index (χ2n) is 7.63. The number of fused-ring (bicyclic) bond motifs is 1. The molecule has 0 spiro atoms. The van der Waals surface area contributed by atoms with Gasteiger partial charge in [-0.3, -0.25) is 9.78 Å². The van der Waals surface area contributed by atoms with Crippen molar-refractivity contribution in [1.29, 1.82) is 0 Å². The van der Waals surface area contributed by atoms with Crippen LogP contribution in [0.4, 0.5) is 5.69 Å². The minimum absolute atomic E-state index is 0.326. The minimum Gasteiger partial charge on any atom is -0.479 e. The monoisotopic (exact) mass is 504 g/mol. The van der Waals surface area contributed by atoms with Crippen molar-refractivity contribution in [2.45, 2.75) is 13.0 Å². The van der Waals surface area contributed by atoms with Gasteiger partial charge in [0.2, 0.25) is 5.82 Å². The van der Waals surface area contributed by atoms with E-state index in [0.29, 0.717) is 44.3 Å². The lowest BCUT2D eigenvalue weighted by molar-refractivity contribution is -0.122. The third-order valence-corrected chi connectivity index (χ3v) is 5.68. The first-order valence-corrected chi connectivity index (χ1v) is 11.4. The van der Waals surface area contributed by atoms with Crippen LogP contribution in [0.1, 0.15) is 6.92 Å². The van der Waals surface area contributed by atoms with Crippen molar-refractivity contribution >= 4 is 40.4 Å². The molecular formula is C25H18Cl2N6O2. The number of hydrogen-bond donors (Lipinski definition) is 1. The topological polar surface area (TPSA) is 94.3 Å². The number of ether oxygens (including phenoxy) is 1. The number of hydrogen-bond acceptors (Lipinski definition) is 6. The van der Waals surface area contributed by atoms with Crippen molar-refractivity contribution in [2.24, 2.45) is 0 Å². The lowest BCUT2D eigenvalue weighted by Gasteiger charge is -2.16. The fraction of sp³-hybridized carbons (Fsp3) is 0.0800. The molecule has 3 aromatic heterocycles. The molecule has 0 aliphatic carbocycles. The Balaban J connectivity index is 1.36. The van der Waals surface area contributed by atoms with E-state index in [0.717, 1.165) is 5.56 Å². The second-order valence-corrected chi connectivity index (χ2v) is 8.48. The van der Waals surface area contributed by atoms with Crippen molar-refractivity contribution in [3.63, 3.8) is 0 Å². The van der Waals surface area contributed by atoms with Gasteiger partial charge in [-0.2, -0.15) is 9.61 Å². The number of amides is 1. The molecule has 3 heterocycles. The van der Waals surface area contributed by atoms with Crippen LogP contribution in [0.15, 0.2) is 79.0 Å². The Morgan fingerprint density at radius 1 is 0.971 bits per heavy atom. The van der Waals surface area contributed by atoms with Gasteiger partial charge in [-0.25, -0.2) is 0 Å². The summed E-state index contributed by atoms with van der Waals surface area (Å²) in [6, 6.07) is 21.4. The van der Waals surface area contributed by atoms with Gasteiger partial charge in [0.1, 0.15) is 11.4 Å². The van der Waals surface area contributed by atoms with E-state index in [1.165, 1.54) is 0 Å². The first-order valence-electron chi connectivity index (χ1n) is 10.6. The molecule has 174 valence electrons. The van der Waals surface area contributed by atoms with Crippen LogP contribution in [-0.4, -0.2) is 36.8 Å². The first-order chi connectivity index (χ1) is 17.0. The van der Waals surface area contributed by atoms with Crippen molar-refractivity contribution in [2.75, 3.05) is 5.32 Å². The zero-order chi connectivity index (χ0) is 24.4. The van der Waals surface area contributed by atoms with Crippen LogP contribution in [0.5, 0.6) is 5.75 Å². The van der Waals surface area contributed by atoms with Crippen molar-refractivity contribution in [1.82, 2.24) is 24.8 Å². The van der Waals surface area contributed by atoms with Gasteiger partial charge in [-0.15, -0.1) is 10.2 Å². The highest BCUT2D eigenvalue weighted by molar-refractivity contribution is 6.35. The molecule has 1 unspecified atom stereocenters. The molecule has 10 heteroatoms. The molecule has 35 heavy (non-hydrogen) atoms. The summed E-state index contributed by atoms with van der Waals surface area (Å²) in [5.41, 5.74) is 3.36. The predicted molar refractivity (Wildman–Crippen MR) is 135 cm³/mol. The van der Waals surface area contributed by atoms with Gasteiger partial charge in [0.15, 0.2) is 11.8 Å². The van der Waals surface area contributed by atoms with Gasteiger partial charge in [-0.1, -0.05) is 41.4 Å². The SMILES string of the molecule is CC(Oc1ccc(Cl)cc1Cl)C(=O)Nc1cccc(-c2ccc3nnc(-c4ccccn4)n3n2)c1. The summed E-state index contributed by atoms with van der Waals surface area (Å²) in [5.74, 6) is 0.592. The van der Waals surface area contributed by atoms with E-state index in [1.807, 2.05) is 48.5 Å². The highest BCUT2D eigenvalue weighted by atomic mass is 35.5. The number of benzene rings is 2. The Bertz CT molecular complexity index is 1520. The number of carbonyl (C=O) groups excluding carboxylic acids is 1. The lowest BCUT2D eigenvalue weighted by atomic mass is 10.1. The standard InChI is InChI=1S/C25H18Cl2N6O2/c1-15(35-22-10-8-17(26)14-19(22)27)25(34)29-18-6-4-5-16(13-18)20-9-11-23-30-31-24(33(23)32-20)21-7-2-3-12-28-21/h2-15H,1H3,(H,29,34). The van der Waals surface area contributed by atoms with Crippen molar-refractivity contribution in [3.05, 3.63) is 89.0 Å².